The molecule has 0 saturated carbocycles. The number of aryl methyl sites for hydroxylation is 2. The van der Waals surface area contributed by atoms with Crippen molar-refractivity contribution in [1.29, 1.82) is 0 Å². The number of anilines is 3. The van der Waals surface area contributed by atoms with Gasteiger partial charge in [0.05, 0.1) is 16.1 Å². The van der Waals surface area contributed by atoms with E-state index in [-0.39, 0.29) is 10.8 Å². The minimum Gasteiger partial charge on any atom is -0.342 e. The molecule has 1 heterocycles. The van der Waals surface area contributed by atoms with Gasteiger partial charge in [-0.05, 0) is 85.8 Å². The number of carbonyl (C=O) groups excluding carboxylic acids is 1. The predicted octanol–water partition coefficient (Wildman–Crippen LogP) is 8.19. The Kier molecular flexibility index (Phi) is 8.21. The first-order valence-electron chi connectivity index (χ1n) is 14.3. The molecule has 0 fully saturated rings. The van der Waals surface area contributed by atoms with Crippen molar-refractivity contribution >= 4 is 44.8 Å². The molecule has 0 radical (unpaired) electrons. The van der Waals surface area contributed by atoms with Gasteiger partial charge in [-0.1, -0.05) is 77.9 Å². The maximum atomic E-state index is 14.6. The van der Waals surface area contributed by atoms with E-state index in [0.717, 1.165) is 32.8 Å². The summed E-state index contributed by atoms with van der Waals surface area (Å²) in [6.07, 6.45) is 1.57. The van der Waals surface area contributed by atoms with Gasteiger partial charge < -0.3 is 4.90 Å². The fourth-order valence-electron chi connectivity index (χ4n) is 5.47. The number of rotatable bonds is 8. The summed E-state index contributed by atoms with van der Waals surface area (Å²) in [5.41, 5.74) is 6.32. The molecule has 1 atom stereocenters. The van der Waals surface area contributed by atoms with Crippen LogP contribution >= 0.6 is 11.8 Å². The summed E-state index contributed by atoms with van der Waals surface area (Å²) >= 11 is 1.66. The van der Waals surface area contributed by atoms with Crippen LogP contribution in [0.5, 0.6) is 0 Å². The highest BCUT2D eigenvalue weighted by Gasteiger charge is 2.40. The second-order valence-electron chi connectivity index (χ2n) is 10.9. The summed E-state index contributed by atoms with van der Waals surface area (Å²) in [6, 6.07) is 38.2. The highest BCUT2D eigenvalue weighted by atomic mass is 32.2. The van der Waals surface area contributed by atoms with Gasteiger partial charge in [0.25, 0.3) is 15.9 Å². The molecule has 0 bridgehead atoms. The molecule has 0 spiro atoms. The van der Waals surface area contributed by atoms with E-state index in [4.69, 9.17) is 0 Å². The summed E-state index contributed by atoms with van der Waals surface area (Å²) in [5.74, 6) is -0.264. The predicted molar refractivity (Wildman–Crippen MR) is 180 cm³/mol. The quantitative estimate of drug-likeness (QED) is 0.177. The van der Waals surface area contributed by atoms with Gasteiger partial charge in [-0.25, -0.2) is 8.42 Å². The van der Waals surface area contributed by atoms with Gasteiger partial charge in [0.1, 0.15) is 6.17 Å². The van der Waals surface area contributed by atoms with E-state index < -0.39 is 16.2 Å². The smallest absolute Gasteiger partial charge is 0.262 e. The lowest BCUT2D eigenvalue weighted by molar-refractivity contribution is 0.0968. The number of nitrogens with zero attached hydrogens (tertiary/aromatic N) is 2. The SMILES string of the molecule is CSc1ccc([C@@H]2N(Cc3ccccc3)c3ccc(S(=O)(=O)Nc4ccc(C)cc4)cc3C(=O)N2c2ccc(C)cc2)cc1. The Morgan fingerprint density at radius 3 is 2.05 bits per heavy atom. The largest absolute Gasteiger partial charge is 0.342 e. The maximum absolute atomic E-state index is 14.6. The minimum atomic E-state index is -3.96. The highest BCUT2D eigenvalue weighted by molar-refractivity contribution is 7.98. The first-order chi connectivity index (χ1) is 21.2. The summed E-state index contributed by atoms with van der Waals surface area (Å²) in [6.45, 7) is 4.46. The fraction of sp³-hybridized carbons (Fsp3) is 0.139. The number of nitrogens with one attached hydrogen (secondary N) is 1. The summed E-state index contributed by atoms with van der Waals surface area (Å²) < 4.78 is 29.7. The van der Waals surface area contributed by atoms with Crippen molar-refractivity contribution in [3.8, 4) is 0 Å². The van der Waals surface area contributed by atoms with Crippen LogP contribution in [-0.2, 0) is 16.6 Å². The Hall–Kier alpha value is -4.53. The second-order valence-corrected chi connectivity index (χ2v) is 13.5. The molecule has 8 heteroatoms. The number of sulfonamides is 1. The van der Waals surface area contributed by atoms with E-state index in [2.05, 4.69) is 46.0 Å². The van der Waals surface area contributed by atoms with Crippen molar-refractivity contribution in [2.45, 2.75) is 36.3 Å². The Balaban J connectivity index is 1.51. The lowest BCUT2D eigenvalue weighted by Gasteiger charge is -2.46. The van der Waals surface area contributed by atoms with Gasteiger partial charge in [0, 0.05) is 22.8 Å². The van der Waals surface area contributed by atoms with E-state index in [1.54, 1.807) is 40.9 Å². The normalized spacial score (nSPS) is 14.8. The van der Waals surface area contributed by atoms with Gasteiger partial charge in [-0.15, -0.1) is 11.8 Å². The molecule has 0 unspecified atom stereocenters. The molecule has 5 aromatic carbocycles. The van der Waals surface area contributed by atoms with Crippen LogP contribution in [0.15, 0.2) is 131 Å². The van der Waals surface area contributed by atoms with E-state index in [0.29, 0.717) is 23.5 Å². The summed E-state index contributed by atoms with van der Waals surface area (Å²) in [5, 5.41) is 0. The van der Waals surface area contributed by atoms with Gasteiger partial charge >= 0.3 is 0 Å². The Labute approximate surface area is 263 Å². The number of hydrogen-bond donors (Lipinski definition) is 1. The number of thioether (sulfide) groups is 1. The second kappa shape index (κ2) is 12.2. The van der Waals surface area contributed by atoms with Gasteiger partial charge in [-0.2, -0.15) is 0 Å². The number of hydrogen-bond acceptors (Lipinski definition) is 5. The Morgan fingerprint density at radius 1 is 0.773 bits per heavy atom. The molecule has 1 aliphatic heterocycles. The molecule has 222 valence electrons. The van der Waals surface area contributed by atoms with Gasteiger partial charge in [-0.3, -0.25) is 14.4 Å². The summed E-state index contributed by atoms with van der Waals surface area (Å²) in [7, 11) is -3.96. The molecule has 1 aliphatic rings. The van der Waals surface area contributed by atoms with Crippen molar-refractivity contribution in [3.63, 3.8) is 0 Å². The number of fused-ring (bicyclic) bond motifs is 1. The lowest BCUT2D eigenvalue weighted by Crippen LogP contribution is -2.49. The van der Waals surface area contributed by atoms with Crippen LogP contribution in [0.25, 0.3) is 0 Å². The first-order valence-corrected chi connectivity index (χ1v) is 17.0. The monoisotopic (exact) mass is 619 g/mol. The third-order valence-corrected chi connectivity index (χ3v) is 9.92. The van der Waals surface area contributed by atoms with Gasteiger partial charge in [0.15, 0.2) is 0 Å². The molecule has 0 saturated heterocycles. The molecule has 5 aromatic rings. The molecule has 0 aromatic heterocycles. The van der Waals surface area contributed by atoms with Crippen molar-refractivity contribution in [3.05, 3.63) is 149 Å². The zero-order valence-electron chi connectivity index (χ0n) is 24.8. The van der Waals surface area contributed by atoms with E-state index in [1.165, 1.54) is 6.07 Å². The van der Waals surface area contributed by atoms with Crippen molar-refractivity contribution in [1.82, 2.24) is 0 Å². The van der Waals surface area contributed by atoms with Crippen molar-refractivity contribution < 1.29 is 13.2 Å². The molecule has 6 nitrogen and oxygen atoms in total. The first kappa shape index (κ1) is 29.5. The molecule has 0 aliphatic carbocycles. The molecule has 1 amide bonds. The zero-order chi connectivity index (χ0) is 30.8. The van der Waals surface area contributed by atoms with Crippen molar-refractivity contribution in [2.75, 3.05) is 20.8 Å². The van der Waals surface area contributed by atoms with E-state index in [9.17, 15) is 13.2 Å². The molecule has 1 N–H and O–H groups in total. The molecular weight excluding hydrogens is 587 g/mol. The minimum absolute atomic E-state index is 0.0245. The average Bonchev–Trinajstić information content (AvgIpc) is 3.04. The van der Waals surface area contributed by atoms with Crippen LogP contribution in [-0.4, -0.2) is 20.6 Å². The molecule has 44 heavy (non-hydrogen) atoms. The fourth-order valence-corrected chi connectivity index (χ4v) is 6.97. The highest BCUT2D eigenvalue weighted by Crippen LogP contribution is 2.43. The molecular formula is C36H33N3O3S2. The zero-order valence-corrected chi connectivity index (χ0v) is 26.4. The molecule has 6 rings (SSSR count). The van der Waals surface area contributed by atoms with E-state index >= 15 is 0 Å². The van der Waals surface area contributed by atoms with Crippen LogP contribution in [0.3, 0.4) is 0 Å². The number of carbonyl (C=O) groups is 1. The maximum Gasteiger partial charge on any atom is 0.262 e. The third kappa shape index (κ3) is 5.96. The Bertz CT molecular complexity index is 1890. The van der Waals surface area contributed by atoms with Crippen LogP contribution in [0.4, 0.5) is 17.1 Å². The summed E-state index contributed by atoms with van der Waals surface area (Å²) in [4.78, 5) is 19.7. The average molecular weight is 620 g/mol. The topological polar surface area (TPSA) is 69.7 Å². The Morgan fingerprint density at radius 2 is 1.41 bits per heavy atom. The number of amides is 1. The van der Waals surface area contributed by atoms with Gasteiger partial charge in [0.2, 0.25) is 0 Å². The van der Waals surface area contributed by atoms with Crippen molar-refractivity contribution in [2.24, 2.45) is 0 Å². The third-order valence-electron chi connectivity index (χ3n) is 7.80. The lowest BCUT2D eigenvalue weighted by atomic mass is 9.99. The van der Waals surface area contributed by atoms with Crippen LogP contribution in [0.2, 0.25) is 0 Å². The van der Waals surface area contributed by atoms with Crippen LogP contribution < -0.4 is 14.5 Å². The van der Waals surface area contributed by atoms with Crippen LogP contribution in [0, 0.1) is 13.8 Å². The number of benzene rings is 5. The van der Waals surface area contributed by atoms with Crippen LogP contribution in [0.1, 0.15) is 38.8 Å². The standard InChI is InChI=1S/C36H33N3O3S2/c1-25-9-15-29(16-10-25)37-44(41,42)32-21-22-34-33(23-32)36(40)39(30-17-11-26(2)12-18-30)35(28-13-19-31(43-3)20-14-28)38(34)24-27-7-5-4-6-8-27/h4-23,35,37H,24H2,1-3H3/t35-/m1/s1. The van der Waals surface area contributed by atoms with E-state index in [1.807, 2.05) is 74.7 Å².